The molecule has 0 saturated heterocycles. The van der Waals surface area contributed by atoms with Crippen molar-refractivity contribution in [2.75, 3.05) is 26.2 Å². The molecule has 0 bridgehead atoms. The smallest absolute Gasteiger partial charge is 0.386 e. The van der Waals surface area contributed by atoms with E-state index in [2.05, 4.69) is 20.0 Å². The molecule has 0 fully saturated rings. The Kier molecular flexibility index (Phi) is 12.1. The number of nitrogens with zero attached hydrogens (tertiary/aromatic N) is 3. The Bertz CT molecular complexity index is 1350. The summed E-state index contributed by atoms with van der Waals surface area (Å²) in [6.45, 7) is 0.596. The molecule has 3 aromatic rings. The molecule has 3 rings (SSSR count). The topological polar surface area (TPSA) is 203 Å². The first-order chi connectivity index (χ1) is 20.4. The number of hydrogen-bond acceptors (Lipinski definition) is 10. The van der Waals surface area contributed by atoms with Crippen LogP contribution in [0.1, 0.15) is 28.7 Å². The summed E-state index contributed by atoms with van der Waals surface area (Å²) >= 11 is 1.03. The lowest BCUT2D eigenvalue weighted by molar-refractivity contribution is -0.138. The molecular weight excluding hydrogens is 589 g/mol. The quantitative estimate of drug-likeness (QED) is 0.148. The van der Waals surface area contributed by atoms with Gasteiger partial charge in [-0.1, -0.05) is 42.5 Å². The van der Waals surface area contributed by atoms with E-state index >= 15 is 0 Å². The molecule has 1 heterocycles. The molecule has 0 spiro atoms. The highest BCUT2D eigenvalue weighted by atomic mass is 32.1. The van der Waals surface area contributed by atoms with Gasteiger partial charge in [-0.25, -0.2) is 4.98 Å². The first-order valence-corrected chi connectivity index (χ1v) is 14.0. The van der Waals surface area contributed by atoms with Crippen molar-refractivity contribution in [3.8, 4) is 11.4 Å². The summed E-state index contributed by atoms with van der Waals surface area (Å²) in [7, 11) is 0. The third kappa shape index (κ3) is 9.52. The number of amides is 3. The van der Waals surface area contributed by atoms with E-state index in [0.717, 1.165) is 41.4 Å². The van der Waals surface area contributed by atoms with Gasteiger partial charge >= 0.3 is 6.18 Å². The molecule has 9 N–H and O–H groups in total. The lowest BCUT2D eigenvalue weighted by atomic mass is 9.99. The SMILES string of the molecule is NCCN(CCN)C(=O)C[C@H](N)C(=O)N[C@H](C(=O)NCc1nc(-c2ccccc2)ns1)[C@H](O)c1ccc(C(F)(F)F)cc1. The molecule has 3 amide bonds. The molecule has 0 unspecified atom stereocenters. The van der Waals surface area contributed by atoms with Crippen molar-refractivity contribution in [3.05, 3.63) is 70.7 Å². The number of aliphatic hydroxyl groups is 1. The molecule has 1 aromatic heterocycles. The Morgan fingerprint density at radius 3 is 2.19 bits per heavy atom. The maximum Gasteiger partial charge on any atom is 0.416 e. The van der Waals surface area contributed by atoms with Gasteiger partial charge in [-0.05, 0) is 29.2 Å². The predicted octanol–water partition coefficient (Wildman–Crippen LogP) is 0.522. The number of carbonyl (C=O) groups is 3. The predicted molar refractivity (Wildman–Crippen MR) is 153 cm³/mol. The third-order valence-electron chi connectivity index (χ3n) is 6.27. The number of rotatable bonds is 14. The van der Waals surface area contributed by atoms with Crippen LogP contribution in [-0.2, 0) is 27.1 Å². The first-order valence-electron chi connectivity index (χ1n) is 13.2. The van der Waals surface area contributed by atoms with E-state index in [4.69, 9.17) is 17.2 Å². The molecule has 0 saturated carbocycles. The van der Waals surface area contributed by atoms with Crippen molar-refractivity contribution in [2.45, 2.75) is 37.3 Å². The van der Waals surface area contributed by atoms with Crippen LogP contribution in [0.2, 0.25) is 0 Å². The highest BCUT2D eigenvalue weighted by Gasteiger charge is 2.34. The normalized spacial score (nSPS) is 13.6. The second-order valence-electron chi connectivity index (χ2n) is 9.42. The molecular formula is C27H33F3N8O4S. The number of nitrogens with one attached hydrogen (secondary N) is 2. The largest absolute Gasteiger partial charge is 0.416 e. The van der Waals surface area contributed by atoms with Crippen molar-refractivity contribution in [2.24, 2.45) is 17.2 Å². The summed E-state index contributed by atoms with van der Waals surface area (Å²) in [5, 5.41) is 16.3. The van der Waals surface area contributed by atoms with Crippen LogP contribution in [0.15, 0.2) is 54.6 Å². The summed E-state index contributed by atoms with van der Waals surface area (Å²) in [5.41, 5.74) is 16.7. The van der Waals surface area contributed by atoms with Crippen molar-refractivity contribution in [1.29, 1.82) is 0 Å². The van der Waals surface area contributed by atoms with Crippen molar-refractivity contribution in [3.63, 3.8) is 0 Å². The minimum Gasteiger partial charge on any atom is -0.386 e. The summed E-state index contributed by atoms with van der Waals surface area (Å²) in [6.07, 6.45) is -6.83. The molecule has 3 atom stereocenters. The fourth-order valence-corrected chi connectivity index (χ4v) is 4.60. The van der Waals surface area contributed by atoms with Gasteiger partial charge in [0.2, 0.25) is 17.7 Å². The van der Waals surface area contributed by atoms with Gasteiger partial charge in [0.15, 0.2) is 5.82 Å². The summed E-state index contributed by atoms with van der Waals surface area (Å²) in [5.74, 6) is -1.86. The zero-order valence-corrected chi connectivity index (χ0v) is 23.8. The van der Waals surface area contributed by atoms with Gasteiger partial charge in [-0.3, -0.25) is 14.4 Å². The van der Waals surface area contributed by atoms with Crippen molar-refractivity contribution < 1.29 is 32.7 Å². The average Bonchev–Trinajstić information content (AvgIpc) is 3.47. The summed E-state index contributed by atoms with van der Waals surface area (Å²) < 4.78 is 43.4. The molecule has 0 aliphatic rings. The second-order valence-corrected chi connectivity index (χ2v) is 10.3. The molecule has 0 aliphatic heterocycles. The minimum atomic E-state index is -4.62. The van der Waals surface area contributed by atoms with Crippen LogP contribution in [0.25, 0.3) is 11.4 Å². The summed E-state index contributed by atoms with van der Waals surface area (Å²) in [4.78, 5) is 44.5. The second kappa shape index (κ2) is 15.5. The van der Waals surface area contributed by atoms with Crippen LogP contribution in [0.4, 0.5) is 13.2 Å². The zero-order chi connectivity index (χ0) is 31.6. The van der Waals surface area contributed by atoms with Crippen LogP contribution in [0.3, 0.4) is 0 Å². The number of halogens is 3. The maximum absolute atomic E-state index is 13.2. The number of carbonyl (C=O) groups excluding carboxylic acids is 3. The fourth-order valence-electron chi connectivity index (χ4n) is 4.00. The molecule has 16 heteroatoms. The van der Waals surface area contributed by atoms with E-state index < -0.39 is 54.1 Å². The van der Waals surface area contributed by atoms with E-state index in [9.17, 15) is 32.7 Å². The Hall–Kier alpha value is -3.96. The molecule has 2 aromatic carbocycles. The zero-order valence-electron chi connectivity index (χ0n) is 23.0. The Morgan fingerprint density at radius 1 is 0.977 bits per heavy atom. The standard InChI is InChI=1S/C27H33F3N8O4S/c28-27(29,30)18-8-6-16(7-9-18)23(40)22(36-25(41)19(33)14-21(39)38(12-10-31)13-11-32)26(42)34-15-20-35-24(37-43-20)17-4-2-1-3-5-17/h1-9,19,22-23,40H,10-15,31-33H2,(H,34,42)(H,36,41)/t19-,22-,23+/m0/s1. The number of benzene rings is 2. The Labute approximate surface area is 249 Å². The number of alkyl halides is 3. The van der Waals surface area contributed by atoms with Crippen LogP contribution < -0.4 is 27.8 Å². The minimum absolute atomic E-state index is 0.0718. The highest BCUT2D eigenvalue weighted by molar-refractivity contribution is 7.05. The molecule has 232 valence electrons. The number of aromatic nitrogens is 2. The van der Waals surface area contributed by atoms with E-state index in [1.165, 1.54) is 4.90 Å². The fraction of sp³-hybridized carbons (Fsp3) is 0.370. The van der Waals surface area contributed by atoms with E-state index in [1.54, 1.807) is 0 Å². The van der Waals surface area contributed by atoms with Crippen molar-refractivity contribution >= 4 is 29.3 Å². The number of hydrogen-bond donors (Lipinski definition) is 6. The van der Waals surface area contributed by atoms with E-state index in [0.29, 0.717) is 10.8 Å². The first kappa shape index (κ1) is 33.5. The molecule has 43 heavy (non-hydrogen) atoms. The van der Waals surface area contributed by atoms with Crippen LogP contribution in [0.5, 0.6) is 0 Å². The lowest BCUT2D eigenvalue weighted by Gasteiger charge is -2.26. The summed E-state index contributed by atoms with van der Waals surface area (Å²) in [6, 6.07) is 9.49. The van der Waals surface area contributed by atoms with E-state index in [-0.39, 0.29) is 38.3 Å². The lowest BCUT2D eigenvalue weighted by Crippen LogP contribution is -2.55. The van der Waals surface area contributed by atoms with Gasteiger partial charge in [0.25, 0.3) is 0 Å². The highest BCUT2D eigenvalue weighted by Crippen LogP contribution is 2.30. The van der Waals surface area contributed by atoms with Crippen LogP contribution in [-0.4, -0.2) is 75.3 Å². The van der Waals surface area contributed by atoms with E-state index in [1.807, 2.05) is 30.3 Å². The molecule has 0 radical (unpaired) electrons. The third-order valence-corrected chi connectivity index (χ3v) is 6.98. The maximum atomic E-state index is 13.2. The molecule has 12 nitrogen and oxygen atoms in total. The van der Waals surface area contributed by atoms with Gasteiger partial charge in [-0.15, -0.1) is 0 Å². The Balaban J connectivity index is 1.76. The number of aliphatic hydroxyl groups excluding tert-OH is 1. The van der Waals surface area contributed by atoms with Gasteiger partial charge in [0, 0.05) is 31.7 Å². The number of nitrogens with two attached hydrogens (primary N) is 3. The van der Waals surface area contributed by atoms with Crippen LogP contribution >= 0.6 is 11.5 Å². The van der Waals surface area contributed by atoms with Gasteiger partial charge in [0.1, 0.15) is 17.2 Å². The molecule has 0 aliphatic carbocycles. The van der Waals surface area contributed by atoms with Gasteiger partial charge in [-0.2, -0.15) is 17.5 Å². The van der Waals surface area contributed by atoms with Gasteiger partial charge < -0.3 is 37.8 Å². The van der Waals surface area contributed by atoms with Crippen LogP contribution in [0, 0.1) is 0 Å². The average molecular weight is 623 g/mol. The monoisotopic (exact) mass is 622 g/mol. The van der Waals surface area contributed by atoms with Gasteiger partial charge in [0.05, 0.1) is 24.6 Å². The van der Waals surface area contributed by atoms with Crippen molar-refractivity contribution in [1.82, 2.24) is 24.9 Å². The Morgan fingerprint density at radius 2 is 1.60 bits per heavy atom.